The van der Waals surface area contributed by atoms with Crippen LogP contribution in [-0.2, 0) is 11.2 Å². The van der Waals surface area contributed by atoms with Crippen LogP contribution in [0, 0.1) is 12.8 Å². The number of hydrogen-bond acceptors (Lipinski definition) is 2. The van der Waals surface area contributed by atoms with Gasteiger partial charge in [-0.15, -0.1) is 0 Å². The van der Waals surface area contributed by atoms with Crippen LogP contribution in [0.25, 0.3) is 0 Å². The van der Waals surface area contributed by atoms with Gasteiger partial charge in [-0.05, 0) is 24.5 Å². The smallest absolute Gasteiger partial charge is 0.396 e. The molecule has 1 unspecified atom stereocenters. The van der Waals surface area contributed by atoms with E-state index in [1.54, 1.807) is 0 Å². The van der Waals surface area contributed by atoms with Crippen molar-refractivity contribution in [2.24, 2.45) is 5.92 Å². The molecule has 1 aromatic carbocycles. The Bertz CT molecular complexity index is 363. The monoisotopic (exact) mass is 262 g/mol. The number of rotatable bonds is 6. The molecule has 0 aliphatic heterocycles. The molecule has 0 aromatic heterocycles. The maximum absolute atomic E-state index is 11.9. The molecule has 0 bridgehead atoms. The highest BCUT2D eigenvalue weighted by Crippen LogP contribution is 2.17. The number of alkyl halides is 3. The first kappa shape index (κ1) is 15.0. The van der Waals surface area contributed by atoms with E-state index in [1.165, 1.54) is 0 Å². The lowest BCUT2D eigenvalue weighted by Crippen LogP contribution is -2.23. The normalized spacial score (nSPS) is 13.6. The van der Waals surface area contributed by atoms with E-state index in [2.05, 4.69) is 4.74 Å². The van der Waals surface area contributed by atoms with E-state index in [0.717, 1.165) is 11.1 Å². The standard InChI is InChI=1S/C13H17F3O2/c1-10-4-2-3-5-12(10)6-11(7-17)8-18-9-13(14,15)16/h2-5,11,17H,6-9H2,1H3. The summed E-state index contributed by atoms with van der Waals surface area (Å²) in [6, 6.07) is 7.60. The highest BCUT2D eigenvalue weighted by atomic mass is 19.4. The van der Waals surface area contributed by atoms with Crippen molar-refractivity contribution in [1.82, 2.24) is 0 Å². The Hall–Kier alpha value is -1.07. The van der Waals surface area contributed by atoms with Crippen molar-refractivity contribution >= 4 is 0 Å². The number of aliphatic hydroxyl groups is 1. The van der Waals surface area contributed by atoms with Crippen LogP contribution in [0.5, 0.6) is 0 Å². The van der Waals surface area contributed by atoms with Gasteiger partial charge in [0.25, 0.3) is 0 Å². The summed E-state index contributed by atoms with van der Waals surface area (Å²) in [4.78, 5) is 0. The first-order valence-electron chi connectivity index (χ1n) is 5.72. The van der Waals surface area contributed by atoms with Gasteiger partial charge in [-0.3, -0.25) is 0 Å². The lowest BCUT2D eigenvalue weighted by atomic mass is 9.97. The molecular weight excluding hydrogens is 245 g/mol. The molecule has 0 saturated heterocycles. The molecule has 0 fully saturated rings. The Kier molecular flexibility index (Phi) is 5.62. The van der Waals surface area contributed by atoms with Crippen LogP contribution in [0.15, 0.2) is 24.3 Å². The highest BCUT2D eigenvalue weighted by molar-refractivity contribution is 5.25. The van der Waals surface area contributed by atoms with E-state index in [9.17, 15) is 13.2 Å². The molecule has 1 rings (SSSR count). The van der Waals surface area contributed by atoms with Gasteiger partial charge in [0.15, 0.2) is 0 Å². The zero-order valence-electron chi connectivity index (χ0n) is 10.2. The van der Waals surface area contributed by atoms with Crippen LogP contribution in [0.1, 0.15) is 11.1 Å². The average molecular weight is 262 g/mol. The van der Waals surface area contributed by atoms with Crippen molar-refractivity contribution in [3.05, 3.63) is 35.4 Å². The fraction of sp³-hybridized carbons (Fsp3) is 0.538. The fourth-order valence-corrected chi connectivity index (χ4v) is 1.67. The van der Waals surface area contributed by atoms with Crippen LogP contribution >= 0.6 is 0 Å². The zero-order valence-corrected chi connectivity index (χ0v) is 10.2. The zero-order chi connectivity index (χ0) is 13.6. The minimum atomic E-state index is -4.32. The average Bonchev–Trinajstić information content (AvgIpc) is 2.29. The minimum absolute atomic E-state index is 0.0929. The molecular formula is C13H17F3O2. The minimum Gasteiger partial charge on any atom is -0.396 e. The van der Waals surface area contributed by atoms with Crippen molar-refractivity contribution in [3.8, 4) is 0 Å². The third-order valence-corrected chi connectivity index (χ3v) is 2.65. The molecule has 18 heavy (non-hydrogen) atoms. The quantitative estimate of drug-likeness (QED) is 0.854. The molecule has 0 saturated carbocycles. The maximum Gasteiger partial charge on any atom is 0.411 e. The largest absolute Gasteiger partial charge is 0.411 e. The van der Waals surface area contributed by atoms with Gasteiger partial charge in [-0.1, -0.05) is 24.3 Å². The van der Waals surface area contributed by atoms with E-state index in [0.29, 0.717) is 6.42 Å². The van der Waals surface area contributed by atoms with Crippen molar-refractivity contribution in [3.63, 3.8) is 0 Å². The number of aliphatic hydroxyl groups excluding tert-OH is 1. The molecule has 0 aliphatic rings. The molecule has 0 aliphatic carbocycles. The molecule has 1 atom stereocenters. The molecule has 1 aromatic rings. The van der Waals surface area contributed by atoms with E-state index in [4.69, 9.17) is 5.11 Å². The van der Waals surface area contributed by atoms with Gasteiger partial charge in [-0.25, -0.2) is 0 Å². The molecule has 2 nitrogen and oxygen atoms in total. The Labute approximate surface area is 104 Å². The topological polar surface area (TPSA) is 29.5 Å². The number of ether oxygens (including phenoxy) is 1. The number of halogens is 3. The van der Waals surface area contributed by atoms with Crippen molar-refractivity contribution in [2.45, 2.75) is 19.5 Å². The van der Waals surface area contributed by atoms with Crippen LogP contribution in [-0.4, -0.2) is 31.1 Å². The van der Waals surface area contributed by atoms with Gasteiger partial charge in [0.1, 0.15) is 6.61 Å². The number of benzene rings is 1. The summed E-state index contributed by atoms with van der Waals surface area (Å²) < 4.78 is 40.3. The van der Waals surface area contributed by atoms with Gasteiger partial charge in [-0.2, -0.15) is 13.2 Å². The maximum atomic E-state index is 11.9. The van der Waals surface area contributed by atoms with Crippen LogP contribution in [0.2, 0.25) is 0 Å². The predicted molar refractivity (Wildman–Crippen MR) is 62.3 cm³/mol. The summed E-state index contributed by atoms with van der Waals surface area (Å²) in [6.45, 7) is 0.383. The first-order valence-corrected chi connectivity index (χ1v) is 5.72. The second kappa shape index (κ2) is 6.75. The fourth-order valence-electron chi connectivity index (χ4n) is 1.67. The molecule has 1 N–H and O–H groups in total. The van der Waals surface area contributed by atoms with E-state index >= 15 is 0 Å². The van der Waals surface area contributed by atoms with Crippen molar-refractivity contribution < 1.29 is 23.0 Å². The van der Waals surface area contributed by atoms with Gasteiger partial charge >= 0.3 is 6.18 Å². The number of aryl methyl sites for hydroxylation is 1. The van der Waals surface area contributed by atoms with Gasteiger partial charge in [0, 0.05) is 12.5 Å². The number of hydrogen-bond donors (Lipinski definition) is 1. The SMILES string of the molecule is Cc1ccccc1CC(CO)COCC(F)(F)F. The lowest BCUT2D eigenvalue weighted by molar-refractivity contribution is -0.177. The summed E-state index contributed by atoms with van der Waals surface area (Å²) >= 11 is 0. The third-order valence-electron chi connectivity index (χ3n) is 2.65. The Morgan fingerprint density at radius 3 is 2.50 bits per heavy atom. The van der Waals surface area contributed by atoms with Gasteiger partial charge < -0.3 is 9.84 Å². The summed E-state index contributed by atoms with van der Waals surface area (Å²) in [5.41, 5.74) is 2.08. The Balaban J connectivity index is 2.45. The molecule has 0 spiro atoms. The summed E-state index contributed by atoms with van der Waals surface area (Å²) in [5.74, 6) is -0.312. The Morgan fingerprint density at radius 1 is 1.28 bits per heavy atom. The van der Waals surface area contributed by atoms with Crippen molar-refractivity contribution in [1.29, 1.82) is 0 Å². The van der Waals surface area contributed by atoms with Crippen LogP contribution < -0.4 is 0 Å². The molecule has 102 valence electrons. The van der Waals surface area contributed by atoms with Crippen molar-refractivity contribution in [2.75, 3.05) is 19.8 Å². The predicted octanol–water partition coefficient (Wildman–Crippen LogP) is 2.72. The van der Waals surface area contributed by atoms with Crippen LogP contribution in [0.3, 0.4) is 0 Å². The summed E-state index contributed by atoms with van der Waals surface area (Å²) in [6.07, 6.45) is -3.80. The van der Waals surface area contributed by atoms with Gasteiger partial charge in [0.2, 0.25) is 0 Å². The van der Waals surface area contributed by atoms with E-state index in [1.807, 2.05) is 31.2 Å². The third kappa shape index (κ3) is 5.51. The molecule has 0 radical (unpaired) electrons. The van der Waals surface area contributed by atoms with Gasteiger partial charge in [0.05, 0.1) is 6.61 Å². The first-order chi connectivity index (χ1) is 8.42. The van der Waals surface area contributed by atoms with E-state index in [-0.39, 0.29) is 19.1 Å². The lowest BCUT2D eigenvalue weighted by Gasteiger charge is -2.16. The summed E-state index contributed by atoms with van der Waals surface area (Å²) in [5, 5.41) is 9.15. The Morgan fingerprint density at radius 2 is 1.94 bits per heavy atom. The van der Waals surface area contributed by atoms with E-state index < -0.39 is 12.8 Å². The molecule has 0 amide bonds. The van der Waals surface area contributed by atoms with Crippen LogP contribution in [0.4, 0.5) is 13.2 Å². The highest BCUT2D eigenvalue weighted by Gasteiger charge is 2.27. The summed E-state index contributed by atoms with van der Waals surface area (Å²) in [7, 11) is 0. The second-order valence-corrected chi connectivity index (χ2v) is 4.31. The molecule has 5 heteroatoms. The molecule has 0 heterocycles. The second-order valence-electron chi connectivity index (χ2n) is 4.31.